The number of phenols is 1. The lowest BCUT2D eigenvalue weighted by Crippen LogP contribution is -2.55. The molecular formula is C26H22F5N3O2. The van der Waals surface area contributed by atoms with Crippen molar-refractivity contribution in [1.29, 1.82) is 0 Å². The molecule has 5 rings (SSSR count). The van der Waals surface area contributed by atoms with E-state index in [1.54, 1.807) is 42.0 Å². The number of nitrogens with one attached hydrogen (secondary N) is 1. The predicted molar refractivity (Wildman–Crippen MR) is 124 cm³/mol. The molecule has 4 aromatic rings. The Morgan fingerprint density at radius 1 is 1.11 bits per heavy atom. The van der Waals surface area contributed by atoms with Gasteiger partial charge in [0.2, 0.25) is 5.95 Å². The number of halogens is 5. The van der Waals surface area contributed by atoms with E-state index in [-0.39, 0.29) is 17.5 Å². The van der Waals surface area contributed by atoms with Crippen LogP contribution in [0.25, 0.3) is 16.6 Å². The summed E-state index contributed by atoms with van der Waals surface area (Å²) in [5, 5.41) is 24.9. The highest BCUT2D eigenvalue weighted by Gasteiger charge is 2.62. The summed E-state index contributed by atoms with van der Waals surface area (Å²) in [5.41, 5.74) is -1.70. The van der Waals surface area contributed by atoms with Gasteiger partial charge in [-0.2, -0.15) is 17.6 Å². The topological polar surface area (TPSA) is 70.3 Å². The summed E-state index contributed by atoms with van der Waals surface area (Å²) in [6, 6.07) is 9.69. The third-order valence-corrected chi connectivity index (χ3v) is 6.96. The second-order valence-corrected chi connectivity index (χ2v) is 8.97. The lowest BCUT2D eigenvalue weighted by atomic mass is 9.69. The fourth-order valence-electron chi connectivity index (χ4n) is 5.14. The zero-order valence-electron chi connectivity index (χ0n) is 19.0. The fourth-order valence-corrected chi connectivity index (χ4v) is 5.14. The predicted octanol–water partition coefficient (Wildman–Crippen LogP) is 6.35. The maximum Gasteiger partial charge on any atom is 0.419 e. The van der Waals surface area contributed by atoms with Gasteiger partial charge in [0, 0.05) is 22.8 Å². The van der Waals surface area contributed by atoms with Crippen LogP contribution in [0.5, 0.6) is 5.75 Å². The fraction of sp³-hybridized carbons (Fsp3) is 0.269. The number of fused-ring (bicyclic) bond motifs is 2. The van der Waals surface area contributed by atoms with E-state index in [2.05, 4.69) is 10.3 Å². The first-order valence-corrected chi connectivity index (χ1v) is 11.3. The molecule has 0 radical (unpaired) electrons. The molecule has 0 bridgehead atoms. The van der Waals surface area contributed by atoms with Gasteiger partial charge >= 0.3 is 6.18 Å². The van der Waals surface area contributed by atoms with Gasteiger partial charge in [-0.05, 0) is 60.7 Å². The number of pyridine rings is 1. The normalized spacial score (nSPS) is 22.0. The quantitative estimate of drug-likeness (QED) is 0.224. The highest BCUT2D eigenvalue weighted by Crippen LogP contribution is 2.55. The molecular weight excluding hydrogens is 481 g/mol. The van der Waals surface area contributed by atoms with Crippen LogP contribution in [-0.4, -0.2) is 31.5 Å². The van der Waals surface area contributed by atoms with Gasteiger partial charge in [0.25, 0.3) is 0 Å². The van der Waals surface area contributed by atoms with Crippen LogP contribution in [0.1, 0.15) is 42.9 Å². The van der Waals surface area contributed by atoms with Crippen molar-refractivity contribution in [3.63, 3.8) is 0 Å². The summed E-state index contributed by atoms with van der Waals surface area (Å²) in [4.78, 5) is 3.64. The van der Waals surface area contributed by atoms with Gasteiger partial charge in [-0.1, -0.05) is 19.1 Å². The highest BCUT2D eigenvalue weighted by molar-refractivity contribution is 5.93. The number of phenolic OH excluding ortho intramolecular Hbond substituents is 1. The zero-order valence-corrected chi connectivity index (χ0v) is 19.0. The molecule has 2 aromatic heterocycles. The lowest BCUT2D eigenvalue weighted by Gasteiger charge is -2.45. The van der Waals surface area contributed by atoms with Crippen LogP contribution in [-0.2, 0) is 0 Å². The van der Waals surface area contributed by atoms with Crippen LogP contribution < -0.4 is 5.32 Å². The number of hydrogen-bond acceptors (Lipinski definition) is 4. The molecule has 0 saturated carbocycles. The molecule has 0 fully saturated rings. The Kier molecular flexibility index (Phi) is 5.66. The second kappa shape index (κ2) is 8.48. The van der Waals surface area contributed by atoms with E-state index in [0.29, 0.717) is 22.3 Å². The van der Waals surface area contributed by atoms with E-state index >= 15 is 0 Å². The van der Waals surface area contributed by atoms with Crippen LogP contribution in [0.15, 0.2) is 60.9 Å². The summed E-state index contributed by atoms with van der Waals surface area (Å²) in [6.45, 7) is 1.62. The van der Waals surface area contributed by atoms with Crippen molar-refractivity contribution < 1.29 is 32.2 Å². The Labute approximate surface area is 202 Å². The first kappa shape index (κ1) is 24.1. The van der Waals surface area contributed by atoms with Gasteiger partial charge in [0.05, 0.1) is 23.4 Å². The van der Waals surface area contributed by atoms with Gasteiger partial charge < -0.3 is 20.1 Å². The molecule has 36 heavy (non-hydrogen) atoms. The number of rotatable bonds is 4. The third kappa shape index (κ3) is 3.67. The van der Waals surface area contributed by atoms with Crippen molar-refractivity contribution >= 4 is 16.6 Å². The molecule has 1 aliphatic carbocycles. The van der Waals surface area contributed by atoms with Gasteiger partial charge in [-0.25, -0.2) is 9.37 Å². The molecule has 5 nitrogen and oxygen atoms in total. The minimum absolute atomic E-state index is 0.0222. The van der Waals surface area contributed by atoms with Crippen LogP contribution in [0, 0.1) is 11.8 Å². The van der Waals surface area contributed by atoms with Crippen molar-refractivity contribution in [3.8, 4) is 11.4 Å². The number of alkyl halides is 3. The summed E-state index contributed by atoms with van der Waals surface area (Å²) < 4.78 is 72.3. The van der Waals surface area contributed by atoms with Crippen molar-refractivity contribution in [1.82, 2.24) is 9.55 Å². The summed E-state index contributed by atoms with van der Waals surface area (Å²) in [6.07, 6.45) is -2.59. The first-order chi connectivity index (χ1) is 17.0. The number of aliphatic hydroxyl groups is 1. The largest absolute Gasteiger partial charge is 0.505 e. The standard InChI is InChI=1S/C26H22F5N3O2/c1-2-14-12-25(36,26(29,30)31)24(17-7-8-18(27)23(35)22(14)17)33-19-4-3-5-20-16(19)10-11-34(20)15-6-9-21(28)32-13-15/h3-11,13-14,24,33,35-36H,2,12H2,1H3/t14-,24?,25-/m1/s1. The molecule has 3 N–H and O–H groups in total. The van der Waals surface area contributed by atoms with Gasteiger partial charge in [-0.15, -0.1) is 0 Å². The molecule has 1 unspecified atom stereocenters. The number of aromatic hydroxyl groups is 1. The number of aromatic nitrogens is 2. The van der Waals surface area contributed by atoms with E-state index in [1.165, 1.54) is 24.4 Å². The smallest absolute Gasteiger partial charge is 0.419 e. The van der Waals surface area contributed by atoms with E-state index in [0.717, 1.165) is 6.07 Å². The number of hydrogen-bond donors (Lipinski definition) is 3. The van der Waals surface area contributed by atoms with Crippen LogP contribution in [0.4, 0.5) is 27.6 Å². The van der Waals surface area contributed by atoms with Crippen molar-refractivity contribution in [2.75, 3.05) is 5.32 Å². The minimum atomic E-state index is -5.01. The summed E-state index contributed by atoms with van der Waals surface area (Å²) in [7, 11) is 0. The zero-order chi connectivity index (χ0) is 25.8. The second-order valence-electron chi connectivity index (χ2n) is 8.97. The van der Waals surface area contributed by atoms with Crippen molar-refractivity contribution in [2.45, 2.75) is 43.5 Å². The van der Waals surface area contributed by atoms with Gasteiger partial charge in [-0.3, -0.25) is 0 Å². The maximum absolute atomic E-state index is 14.4. The summed E-state index contributed by atoms with van der Waals surface area (Å²) >= 11 is 0. The average molecular weight is 503 g/mol. The van der Waals surface area contributed by atoms with Gasteiger partial charge in [0.15, 0.2) is 17.2 Å². The molecule has 3 atom stereocenters. The summed E-state index contributed by atoms with van der Waals surface area (Å²) in [5.74, 6) is -3.19. The van der Waals surface area contributed by atoms with E-state index in [9.17, 15) is 32.2 Å². The highest BCUT2D eigenvalue weighted by atomic mass is 19.4. The Hall–Kier alpha value is -3.66. The molecule has 2 aromatic carbocycles. The van der Waals surface area contributed by atoms with Gasteiger partial charge in [0.1, 0.15) is 0 Å². The molecule has 0 amide bonds. The molecule has 1 aliphatic rings. The molecule has 0 aliphatic heterocycles. The van der Waals surface area contributed by atoms with Crippen LogP contribution in [0.3, 0.4) is 0 Å². The lowest BCUT2D eigenvalue weighted by molar-refractivity contribution is -0.272. The molecule has 0 spiro atoms. The van der Waals surface area contributed by atoms with Crippen LogP contribution >= 0.6 is 0 Å². The van der Waals surface area contributed by atoms with E-state index < -0.39 is 47.7 Å². The number of anilines is 1. The van der Waals surface area contributed by atoms with E-state index in [1.807, 2.05) is 0 Å². The first-order valence-electron chi connectivity index (χ1n) is 11.3. The van der Waals surface area contributed by atoms with Crippen molar-refractivity contribution in [3.05, 3.63) is 83.8 Å². The maximum atomic E-state index is 14.4. The van der Waals surface area contributed by atoms with Crippen molar-refractivity contribution in [2.24, 2.45) is 0 Å². The third-order valence-electron chi connectivity index (χ3n) is 6.96. The SMILES string of the molecule is CC[C@@H]1C[C@](O)(C(F)(F)F)C(Nc2cccc3c2ccn3-c2ccc(F)nc2)c2ccc(F)c(O)c21. The van der Waals surface area contributed by atoms with E-state index in [4.69, 9.17) is 0 Å². The number of benzene rings is 2. The molecule has 10 heteroatoms. The molecule has 2 heterocycles. The average Bonchev–Trinajstić information content (AvgIpc) is 3.27. The Bertz CT molecular complexity index is 1430. The Balaban J connectivity index is 1.66. The number of nitrogens with zero attached hydrogens (tertiary/aromatic N) is 2. The minimum Gasteiger partial charge on any atom is -0.505 e. The molecule has 0 saturated heterocycles. The monoisotopic (exact) mass is 503 g/mol. The molecule has 188 valence electrons. The van der Waals surface area contributed by atoms with Crippen LogP contribution in [0.2, 0.25) is 0 Å². The Morgan fingerprint density at radius 3 is 2.56 bits per heavy atom. The Morgan fingerprint density at radius 2 is 1.89 bits per heavy atom.